The molecular formula is C30H40IO11-. The molecule has 2 aliphatic heterocycles. The molecular weight excluding hydrogens is 663 g/mol. The Kier molecular flexibility index (Phi) is 14.2. The van der Waals surface area contributed by atoms with Gasteiger partial charge in [0.15, 0.2) is 0 Å². The molecule has 0 bridgehead atoms. The van der Waals surface area contributed by atoms with Crippen molar-refractivity contribution in [2.45, 2.75) is 37.4 Å². The van der Waals surface area contributed by atoms with Crippen LogP contribution < -0.4 is 25.9 Å². The third-order valence-electron chi connectivity index (χ3n) is 6.00. The number of epoxide rings is 2. The molecule has 2 heterocycles. The fourth-order valence-electron chi connectivity index (χ4n) is 3.51. The zero-order valence-corrected chi connectivity index (χ0v) is 25.9. The van der Waals surface area contributed by atoms with Gasteiger partial charge in [-0.15, -0.1) is 0 Å². The first-order valence-electron chi connectivity index (χ1n) is 14.0. The van der Waals surface area contributed by atoms with E-state index in [-0.39, 0.29) is 79.2 Å². The van der Waals surface area contributed by atoms with E-state index in [1.165, 1.54) is 12.7 Å². The van der Waals surface area contributed by atoms with Gasteiger partial charge in [-0.1, -0.05) is 0 Å². The standard InChI is InChI=1S/C30H40IO11/c1-21-2-4-22(5-3-21)31-23-6-8-26(9-7-23)41-20-30(34)42-13-25(33)12-35-10-24(32)11-36-14-27(38-18-29-19-40-29)15-37-16-28-17-39-28/h2-9,24-25,27-29,32-33H,10-20H2,1H3/q-1. The van der Waals surface area contributed by atoms with Crippen LogP contribution in [0.15, 0.2) is 48.5 Å². The third kappa shape index (κ3) is 14.1. The Bertz CT molecular complexity index is 1040. The Balaban J connectivity index is 1.01. The minimum absolute atomic E-state index is 0.0304. The van der Waals surface area contributed by atoms with Gasteiger partial charge in [0.1, 0.15) is 24.4 Å². The summed E-state index contributed by atoms with van der Waals surface area (Å²) in [7, 11) is 0. The number of carbonyl (C=O) groups excluding carboxylic acids is 1. The molecule has 0 aromatic heterocycles. The molecule has 0 aliphatic carbocycles. The van der Waals surface area contributed by atoms with Crippen molar-refractivity contribution in [2.75, 3.05) is 72.7 Å². The van der Waals surface area contributed by atoms with Crippen LogP contribution in [-0.2, 0) is 38.0 Å². The summed E-state index contributed by atoms with van der Waals surface area (Å²) in [6.45, 7) is 4.44. The van der Waals surface area contributed by atoms with Gasteiger partial charge < -0.3 is 28.8 Å². The molecule has 0 saturated carbocycles. The Labute approximate surface area is 256 Å². The molecule has 11 nitrogen and oxygen atoms in total. The number of hydrogen-bond donors (Lipinski definition) is 2. The molecule has 2 saturated heterocycles. The van der Waals surface area contributed by atoms with E-state index in [4.69, 9.17) is 37.9 Å². The van der Waals surface area contributed by atoms with Crippen LogP contribution in [0.25, 0.3) is 0 Å². The average Bonchev–Trinajstić information content (AvgIpc) is 3.92. The Morgan fingerprint density at radius 1 is 0.810 bits per heavy atom. The predicted octanol–water partition coefficient (Wildman–Crippen LogP) is -2.00. The number of benzene rings is 2. The normalized spacial score (nSPS) is 19.7. The van der Waals surface area contributed by atoms with Crippen molar-refractivity contribution in [3.63, 3.8) is 0 Å². The Hall–Kier alpha value is -1.88. The predicted molar refractivity (Wildman–Crippen MR) is 145 cm³/mol. The zero-order valence-electron chi connectivity index (χ0n) is 23.7. The van der Waals surface area contributed by atoms with Crippen LogP contribution in [-0.4, -0.2) is 119 Å². The summed E-state index contributed by atoms with van der Waals surface area (Å²) in [6, 6.07) is 16.2. The fraction of sp³-hybridized carbons (Fsp3) is 0.567. The summed E-state index contributed by atoms with van der Waals surface area (Å²) in [5, 5.41) is 20.2. The van der Waals surface area contributed by atoms with Crippen LogP contribution in [0.2, 0.25) is 0 Å². The van der Waals surface area contributed by atoms with Crippen molar-refractivity contribution in [3.8, 4) is 5.75 Å². The molecule has 5 unspecified atom stereocenters. The summed E-state index contributed by atoms with van der Waals surface area (Å²) in [4.78, 5) is 12.0. The third-order valence-corrected chi connectivity index (χ3v) is 8.68. The van der Waals surface area contributed by atoms with Gasteiger partial charge >= 0.3 is 151 Å². The average molecular weight is 704 g/mol. The number of esters is 1. The molecule has 234 valence electrons. The van der Waals surface area contributed by atoms with Crippen molar-refractivity contribution >= 4 is 5.97 Å². The second-order valence-corrected chi connectivity index (χ2v) is 13.1. The van der Waals surface area contributed by atoms with Crippen molar-refractivity contribution in [3.05, 3.63) is 61.2 Å². The first kappa shape index (κ1) is 33.0. The van der Waals surface area contributed by atoms with E-state index in [1.807, 2.05) is 24.3 Å². The molecule has 2 fully saturated rings. The van der Waals surface area contributed by atoms with Gasteiger partial charge in [0.2, 0.25) is 0 Å². The van der Waals surface area contributed by atoms with Crippen molar-refractivity contribution in [1.29, 1.82) is 0 Å². The van der Waals surface area contributed by atoms with E-state index < -0.39 is 18.2 Å². The molecule has 2 aromatic rings. The molecule has 0 amide bonds. The fourth-order valence-corrected chi connectivity index (χ4v) is 5.67. The maximum atomic E-state index is 12.0. The molecule has 0 radical (unpaired) electrons. The summed E-state index contributed by atoms with van der Waals surface area (Å²) < 4.78 is 45.7. The monoisotopic (exact) mass is 703 g/mol. The molecule has 5 atom stereocenters. The van der Waals surface area contributed by atoms with Crippen LogP contribution >= 0.6 is 0 Å². The van der Waals surface area contributed by atoms with Gasteiger partial charge in [0.25, 0.3) is 0 Å². The van der Waals surface area contributed by atoms with Gasteiger partial charge in [-0.25, -0.2) is 0 Å². The van der Waals surface area contributed by atoms with Gasteiger partial charge in [0, 0.05) is 0 Å². The van der Waals surface area contributed by atoms with Crippen LogP contribution in [0.3, 0.4) is 0 Å². The molecule has 4 rings (SSSR count). The van der Waals surface area contributed by atoms with E-state index >= 15 is 0 Å². The van der Waals surface area contributed by atoms with Crippen LogP contribution in [0, 0.1) is 14.1 Å². The number of rotatable bonds is 22. The molecule has 2 aliphatic rings. The number of aryl methyl sites for hydroxylation is 1. The summed E-state index contributed by atoms with van der Waals surface area (Å²) >= 11 is -0.280. The summed E-state index contributed by atoms with van der Waals surface area (Å²) in [6.07, 6.45) is -1.92. The van der Waals surface area contributed by atoms with Gasteiger partial charge in [-0.3, -0.25) is 0 Å². The van der Waals surface area contributed by atoms with Gasteiger partial charge in [-0.2, -0.15) is 0 Å². The van der Waals surface area contributed by atoms with E-state index in [0.29, 0.717) is 32.2 Å². The topological polar surface area (TPSA) is 138 Å². The van der Waals surface area contributed by atoms with Crippen LogP contribution in [0.1, 0.15) is 5.56 Å². The number of carbonyl (C=O) groups is 1. The van der Waals surface area contributed by atoms with Crippen molar-refractivity contribution < 1.29 is 74.1 Å². The zero-order chi connectivity index (χ0) is 29.6. The van der Waals surface area contributed by atoms with Crippen LogP contribution in [0.5, 0.6) is 5.75 Å². The maximum absolute atomic E-state index is 12.0. The number of aliphatic hydroxyl groups is 2. The van der Waals surface area contributed by atoms with Gasteiger partial charge in [0.05, 0.1) is 52.9 Å². The first-order chi connectivity index (χ1) is 20.4. The SMILES string of the molecule is Cc1ccc([I-]c2ccc(OCC(=O)OCC(O)COCC(O)COCC(COCC3CO3)OCC3CO3)cc2)cc1. The second-order valence-electron chi connectivity index (χ2n) is 10.1. The molecule has 42 heavy (non-hydrogen) atoms. The molecule has 12 heteroatoms. The molecule has 2 N–H and O–H groups in total. The van der Waals surface area contributed by atoms with Crippen LogP contribution in [0.4, 0.5) is 0 Å². The number of aliphatic hydroxyl groups excluding tert-OH is 2. The van der Waals surface area contributed by atoms with E-state index in [0.717, 1.165) is 6.61 Å². The first-order valence-corrected chi connectivity index (χ1v) is 16.1. The number of ether oxygens (including phenoxy) is 8. The van der Waals surface area contributed by atoms with E-state index in [9.17, 15) is 15.0 Å². The number of halogens is 1. The van der Waals surface area contributed by atoms with Crippen molar-refractivity contribution in [1.82, 2.24) is 0 Å². The van der Waals surface area contributed by atoms with E-state index in [1.54, 1.807) is 0 Å². The Morgan fingerprint density at radius 2 is 1.36 bits per heavy atom. The van der Waals surface area contributed by atoms with Crippen molar-refractivity contribution in [2.24, 2.45) is 0 Å². The summed E-state index contributed by atoms with van der Waals surface area (Å²) in [5.74, 6) is -0.0313. The quantitative estimate of drug-likeness (QED) is 0.0801. The second kappa shape index (κ2) is 18.0. The minimum atomic E-state index is -1.04. The number of hydrogen-bond acceptors (Lipinski definition) is 11. The summed E-state index contributed by atoms with van der Waals surface area (Å²) in [5.41, 5.74) is 1.24. The Morgan fingerprint density at radius 3 is 2.00 bits per heavy atom. The molecule has 0 spiro atoms. The molecule has 2 aromatic carbocycles. The van der Waals surface area contributed by atoms with Gasteiger partial charge in [-0.05, 0) is 0 Å². The van der Waals surface area contributed by atoms with E-state index in [2.05, 4.69) is 31.2 Å².